The molecule has 18 heavy (non-hydrogen) atoms. The molecule has 0 unspecified atom stereocenters. The summed E-state index contributed by atoms with van der Waals surface area (Å²) >= 11 is 0. The zero-order chi connectivity index (χ0) is 13.7. The highest BCUT2D eigenvalue weighted by Crippen LogP contribution is 2.22. The summed E-state index contributed by atoms with van der Waals surface area (Å²) in [6.07, 6.45) is 2.62. The molecule has 1 aliphatic carbocycles. The summed E-state index contributed by atoms with van der Waals surface area (Å²) in [6, 6.07) is -0.900. The van der Waals surface area contributed by atoms with Gasteiger partial charge in [0.2, 0.25) is 0 Å². The van der Waals surface area contributed by atoms with Gasteiger partial charge in [-0.15, -0.1) is 0 Å². The van der Waals surface area contributed by atoms with E-state index < -0.39 is 17.9 Å². The maximum atomic E-state index is 11.9. The molecule has 5 nitrogen and oxygen atoms in total. The van der Waals surface area contributed by atoms with Crippen LogP contribution in [0.3, 0.4) is 0 Å². The number of rotatable bonds is 5. The van der Waals surface area contributed by atoms with E-state index in [1.54, 1.807) is 0 Å². The Morgan fingerprint density at radius 1 is 1.44 bits per heavy atom. The first-order chi connectivity index (χ1) is 8.47. The van der Waals surface area contributed by atoms with E-state index >= 15 is 0 Å². The van der Waals surface area contributed by atoms with E-state index in [0.29, 0.717) is 37.8 Å². The summed E-state index contributed by atoms with van der Waals surface area (Å²) in [6.45, 7) is 3.33. The molecular formula is C13H19NO4. The van der Waals surface area contributed by atoms with Gasteiger partial charge in [-0.1, -0.05) is 6.92 Å². The van der Waals surface area contributed by atoms with Crippen molar-refractivity contribution in [3.05, 3.63) is 0 Å². The standard InChI is InChI=1S/C13H19NO4/c1-3-5-10(15)12-9(6-4-7-11(12)16)14-8(2)13(17)18/h8,12H,3-7H2,1-2H3,(H,17,18)/t8-,12+/m0/s1. The van der Waals surface area contributed by atoms with Crippen LogP contribution in [0.25, 0.3) is 0 Å². The highest BCUT2D eigenvalue weighted by Gasteiger charge is 2.34. The minimum atomic E-state index is -1.04. The zero-order valence-corrected chi connectivity index (χ0v) is 10.8. The van der Waals surface area contributed by atoms with E-state index in [-0.39, 0.29) is 11.6 Å². The fourth-order valence-corrected chi connectivity index (χ4v) is 2.12. The number of aliphatic imine (C=N–C) groups is 1. The second kappa shape index (κ2) is 6.42. The van der Waals surface area contributed by atoms with E-state index in [9.17, 15) is 14.4 Å². The third kappa shape index (κ3) is 3.48. The number of carbonyl (C=O) groups excluding carboxylic acids is 2. The van der Waals surface area contributed by atoms with Gasteiger partial charge in [0.15, 0.2) is 0 Å². The number of ketones is 2. The molecule has 0 saturated heterocycles. The molecule has 0 aromatic heterocycles. The predicted octanol–water partition coefficient (Wildman–Crippen LogP) is 1.64. The van der Waals surface area contributed by atoms with Crippen LogP contribution >= 0.6 is 0 Å². The molecule has 0 spiro atoms. The summed E-state index contributed by atoms with van der Waals surface area (Å²) in [4.78, 5) is 38.6. The minimum Gasteiger partial charge on any atom is -0.480 e. The van der Waals surface area contributed by atoms with Crippen LogP contribution in [-0.4, -0.2) is 34.4 Å². The Morgan fingerprint density at radius 3 is 2.67 bits per heavy atom. The van der Waals surface area contributed by atoms with Crippen molar-refractivity contribution in [1.82, 2.24) is 0 Å². The van der Waals surface area contributed by atoms with Gasteiger partial charge in [-0.2, -0.15) is 0 Å². The maximum absolute atomic E-state index is 11.9. The van der Waals surface area contributed by atoms with Gasteiger partial charge >= 0.3 is 5.97 Å². The van der Waals surface area contributed by atoms with Crippen LogP contribution in [0, 0.1) is 5.92 Å². The van der Waals surface area contributed by atoms with E-state index in [2.05, 4.69) is 4.99 Å². The number of aliphatic carboxylic acids is 1. The third-order valence-corrected chi connectivity index (χ3v) is 3.05. The molecule has 100 valence electrons. The summed E-state index contributed by atoms with van der Waals surface area (Å²) in [5, 5.41) is 8.83. The molecule has 0 aromatic carbocycles. The summed E-state index contributed by atoms with van der Waals surface area (Å²) in [7, 11) is 0. The fraction of sp³-hybridized carbons (Fsp3) is 0.692. The van der Waals surface area contributed by atoms with Crippen LogP contribution in [0.4, 0.5) is 0 Å². The largest absolute Gasteiger partial charge is 0.480 e. The Kier molecular flexibility index (Phi) is 5.19. The topological polar surface area (TPSA) is 83.8 Å². The number of Topliss-reactive ketones (excluding diaryl/α,β-unsaturated/α-hetero) is 2. The van der Waals surface area contributed by atoms with Crippen LogP contribution < -0.4 is 0 Å². The van der Waals surface area contributed by atoms with Gasteiger partial charge in [-0.05, 0) is 26.2 Å². The number of carboxylic acid groups (broad SMARTS) is 1. The summed E-state index contributed by atoms with van der Waals surface area (Å²) in [5.41, 5.74) is 0.458. The van der Waals surface area contributed by atoms with Gasteiger partial charge in [0, 0.05) is 18.6 Å². The Bertz CT molecular complexity index is 386. The average molecular weight is 253 g/mol. The Labute approximate surface area is 106 Å². The van der Waals surface area contributed by atoms with E-state index in [1.807, 2.05) is 6.92 Å². The molecule has 1 fully saturated rings. The maximum Gasteiger partial charge on any atom is 0.328 e. The first-order valence-corrected chi connectivity index (χ1v) is 6.32. The molecule has 0 bridgehead atoms. The lowest BCUT2D eigenvalue weighted by atomic mass is 9.81. The van der Waals surface area contributed by atoms with Gasteiger partial charge in [-0.25, -0.2) is 4.79 Å². The molecule has 0 heterocycles. The van der Waals surface area contributed by atoms with Gasteiger partial charge in [0.25, 0.3) is 0 Å². The molecule has 5 heteroatoms. The molecule has 0 aromatic rings. The molecule has 0 amide bonds. The molecule has 1 rings (SSSR count). The minimum absolute atomic E-state index is 0.115. The monoisotopic (exact) mass is 253 g/mol. The number of hydrogen-bond donors (Lipinski definition) is 1. The van der Waals surface area contributed by atoms with Gasteiger partial charge < -0.3 is 5.11 Å². The van der Waals surface area contributed by atoms with Crippen molar-refractivity contribution in [3.63, 3.8) is 0 Å². The zero-order valence-electron chi connectivity index (χ0n) is 10.8. The highest BCUT2D eigenvalue weighted by atomic mass is 16.4. The molecular weight excluding hydrogens is 234 g/mol. The van der Waals surface area contributed by atoms with E-state index in [0.717, 1.165) is 0 Å². The highest BCUT2D eigenvalue weighted by molar-refractivity contribution is 6.22. The van der Waals surface area contributed by atoms with Crippen LogP contribution in [0.5, 0.6) is 0 Å². The van der Waals surface area contributed by atoms with Crippen LogP contribution in [-0.2, 0) is 14.4 Å². The Morgan fingerprint density at radius 2 is 2.11 bits per heavy atom. The number of carboxylic acids is 1. The van der Waals surface area contributed by atoms with Gasteiger partial charge in [0.1, 0.15) is 23.5 Å². The lowest BCUT2D eigenvalue weighted by molar-refractivity contribution is -0.138. The second-order valence-electron chi connectivity index (χ2n) is 4.60. The number of hydrogen-bond acceptors (Lipinski definition) is 4. The third-order valence-electron chi connectivity index (χ3n) is 3.05. The fourth-order valence-electron chi connectivity index (χ4n) is 2.12. The quantitative estimate of drug-likeness (QED) is 0.755. The summed E-state index contributed by atoms with van der Waals surface area (Å²) < 4.78 is 0. The molecule has 2 atom stereocenters. The normalized spacial score (nSPS) is 24.0. The van der Waals surface area contributed by atoms with Crippen molar-refractivity contribution in [2.45, 2.75) is 52.0 Å². The average Bonchev–Trinajstić information content (AvgIpc) is 2.29. The molecule has 0 aliphatic heterocycles. The van der Waals surface area contributed by atoms with Crippen molar-refractivity contribution in [1.29, 1.82) is 0 Å². The van der Waals surface area contributed by atoms with Crippen molar-refractivity contribution in [3.8, 4) is 0 Å². The lowest BCUT2D eigenvalue weighted by Crippen LogP contribution is -2.36. The van der Waals surface area contributed by atoms with Gasteiger partial charge in [0.05, 0.1) is 0 Å². The molecule has 0 radical (unpaired) electrons. The second-order valence-corrected chi connectivity index (χ2v) is 4.60. The van der Waals surface area contributed by atoms with Crippen molar-refractivity contribution in [2.75, 3.05) is 0 Å². The van der Waals surface area contributed by atoms with Crippen LogP contribution in [0.2, 0.25) is 0 Å². The van der Waals surface area contributed by atoms with Crippen molar-refractivity contribution >= 4 is 23.2 Å². The van der Waals surface area contributed by atoms with Crippen molar-refractivity contribution in [2.24, 2.45) is 10.9 Å². The molecule has 1 N–H and O–H groups in total. The van der Waals surface area contributed by atoms with Crippen LogP contribution in [0.1, 0.15) is 46.0 Å². The predicted molar refractivity (Wildman–Crippen MR) is 66.8 cm³/mol. The van der Waals surface area contributed by atoms with E-state index in [4.69, 9.17) is 5.11 Å². The molecule has 1 saturated carbocycles. The lowest BCUT2D eigenvalue weighted by Gasteiger charge is -2.22. The van der Waals surface area contributed by atoms with Crippen molar-refractivity contribution < 1.29 is 19.5 Å². The Hall–Kier alpha value is -1.52. The van der Waals surface area contributed by atoms with Crippen LogP contribution in [0.15, 0.2) is 4.99 Å². The first-order valence-electron chi connectivity index (χ1n) is 6.32. The smallest absolute Gasteiger partial charge is 0.328 e. The molecule has 1 aliphatic rings. The number of carbonyl (C=O) groups is 3. The Balaban J connectivity index is 2.95. The van der Waals surface area contributed by atoms with E-state index in [1.165, 1.54) is 6.92 Å². The summed E-state index contributed by atoms with van der Waals surface area (Å²) in [5.74, 6) is -2.07. The first kappa shape index (κ1) is 14.5. The van der Waals surface area contributed by atoms with Gasteiger partial charge in [-0.3, -0.25) is 14.6 Å². The SMILES string of the molecule is CCCC(=O)[C@@H]1C(=O)CCCC1=N[C@@H](C)C(=O)O. The number of nitrogens with zero attached hydrogens (tertiary/aromatic N) is 1.